The minimum absolute atomic E-state index is 0.0640. The van der Waals surface area contributed by atoms with Crippen molar-refractivity contribution in [3.05, 3.63) is 132 Å². The summed E-state index contributed by atoms with van der Waals surface area (Å²) in [5, 5.41) is 7.07. The highest BCUT2D eigenvalue weighted by Crippen LogP contribution is 2.23. The third-order valence-electron chi connectivity index (χ3n) is 8.57. The van der Waals surface area contributed by atoms with E-state index in [-0.39, 0.29) is 18.2 Å². The number of ether oxygens (including phenoxy) is 1. The molecule has 0 saturated carbocycles. The molecule has 2 atom stereocenters. The number of aromatic nitrogens is 1. The topological polar surface area (TPSA) is 100 Å². The molecule has 5 aromatic rings. The molecule has 0 spiro atoms. The molecule has 1 aromatic heterocycles. The minimum Gasteiger partial charge on any atom is -0.460 e. The van der Waals surface area contributed by atoms with Gasteiger partial charge in [-0.1, -0.05) is 103 Å². The SMILES string of the molecule is CC(C)(C)OC(=O)C[C@@H](CCCc1ccc(-c2ccccc2)cc1)C(=O)N[C@@H](Cc1c[nH]c2ccccc12)C(=O)NCCc1ccccc1. The zero-order chi connectivity index (χ0) is 34.6. The molecule has 2 amide bonds. The van der Waals surface area contributed by atoms with Gasteiger partial charge in [-0.05, 0) is 80.3 Å². The van der Waals surface area contributed by atoms with E-state index >= 15 is 0 Å². The molecule has 1 heterocycles. The van der Waals surface area contributed by atoms with Crippen LogP contribution in [0.2, 0.25) is 0 Å². The summed E-state index contributed by atoms with van der Waals surface area (Å²) in [4.78, 5) is 43.9. The molecule has 7 nitrogen and oxygen atoms in total. The molecule has 7 heteroatoms. The molecule has 0 fully saturated rings. The van der Waals surface area contributed by atoms with E-state index in [1.807, 2.05) is 99.8 Å². The molecule has 4 aromatic carbocycles. The molecular weight excluding hydrogens is 610 g/mol. The summed E-state index contributed by atoms with van der Waals surface area (Å²) < 4.78 is 5.62. The van der Waals surface area contributed by atoms with Gasteiger partial charge in [-0.25, -0.2) is 0 Å². The number of benzene rings is 4. The lowest BCUT2D eigenvalue weighted by molar-refractivity contribution is -0.157. The summed E-state index contributed by atoms with van der Waals surface area (Å²) in [6.45, 7) is 5.88. The van der Waals surface area contributed by atoms with Crippen LogP contribution in [0.5, 0.6) is 0 Å². The Kier molecular flexibility index (Phi) is 12.0. The predicted octanol–water partition coefficient (Wildman–Crippen LogP) is 7.59. The summed E-state index contributed by atoms with van der Waals surface area (Å²) in [5.74, 6) is -1.67. The van der Waals surface area contributed by atoms with Crippen LogP contribution >= 0.6 is 0 Å². The molecule has 0 aliphatic carbocycles. The normalized spacial score (nSPS) is 12.6. The maximum Gasteiger partial charge on any atom is 0.307 e. The van der Waals surface area contributed by atoms with Crippen LogP contribution in [0, 0.1) is 5.92 Å². The van der Waals surface area contributed by atoms with Gasteiger partial charge in [0.25, 0.3) is 0 Å². The summed E-state index contributed by atoms with van der Waals surface area (Å²) in [6.07, 6.45) is 4.73. The number of carbonyl (C=O) groups is 3. The number of carbonyl (C=O) groups excluding carboxylic acids is 3. The van der Waals surface area contributed by atoms with Gasteiger partial charge in [-0.2, -0.15) is 0 Å². The molecule has 0 aliphatic rings. The molecule has 5 rings (SSSR count). The lowest BCUT2D eigenvalue weighted by Crippen LogP contribution is -2.50. The van der Waals surface area contributed by atoms with Crippen molar-refractivity contribution in [3.8, 4) is 11.1 Å². The number of esters is 1. The van der Waals surface area contributed by atoms with Gasteiger partial charge < -0.3 is 20.4 Å². The fourth-order valence-electron chi connectivity index (χ4n) is 6.07. The second-order valence-electron chi connectivity index (χ2n) is 13.6. The molecule has 49 heavy (non-hydrogen) atoms. The third kappa shape index (κ3) is 10.7. The molecule has 3 N–H and O–H groups in total. The van der Waals surface area contributed by atoms with E-state index in [1.54, 1.807) is 0 Å². The average molecular weight is 658 g/mol. The number of para-hydroxylation sites is 1. The quantitative estimate of drug-likeness (QED) is 0.101. The van der Waals surface area contributed by atoms with Crippen LogP contribution in [-0.2, 0) is 38.4 Å². The molecule has 0 bridgehead atoms. The number of aromatic amines is 1. The monoisotopic (exact) mass is 657 g/mol. The van der Waals surface area contributed by atoms with Crippen molar-refractivity contribution < 1.29 is 19.1 Å². The van der Waals surface area contributed by atoms with Crippen LogP contribution in [0.1, 0.15) is 56.7 Å². The summed E-state index contributed by atoms with van der Waals surface area (Å²) in [7, 11) is 0. The van der Waals surface area contributed by atoms with Crippen molar-refractivity contribution in [3.63, 3.8) is 0 Å². The molecule has 254 valence electrons. The van der Waals surface area contributed by atoms with E-state index in [1.165, 1.54) is 0 Å². The summed E-state index contributed by atoms with van der Waals surface area (Å²) in [5.41, 5.74) is 5.81. The Hall–Kier alpha value is -5.17. The first kappa shape index (κ1) is 35.1. The van der Waals surface area contributed by atoms with Crippen LogP contribution in [-0.4, -0.2) is 41.0 Å². The number of H-pyrrole nitrogens is 1. The van der Waals surface area contributed by atoms with Gasteiger partial charge in [0.15, 0.2) is 0 Å². The Labute approximate surface area is 289 Å². The average Bonchev–Trinajstić information content (AvgIpc) is 3.50. The number of fused-ring (bicyclic) bond motifs is 1. The molecule has 0 radical (unpaired) electrons. The van der Waals surface area contributed by atoms with Crippen LogP contribution in [0.4, 0.5) is 0 Å². The highest BCUT2D eigenvalue weighted by atomic mass is 16.6. The van der Waals surface area contributed by atoms with Crippen LogP contribution < -0.4 is 10.6 Å². The number of hydrogen-bond acceptors (Lipinski definition) is 4. The standard InChI is InChI=1S/C42H47N3O4/c1-42(2,3)49-39(46)28-34(18-12-15-31-21-23-33(24-22-31)32-16-8-5-9-17-32)40(47)45-38(27-35-29-44-37-20-11-10-19-36(35)37)41(48)43-26-25-30-13-6-4-7-14-30/h4-11,13-14,16-17,19-24,29,34,38,44H,12,15,18,25-28H2,1-3H3,(H,43,48)(H,45,47)/t34-,38+/m1/s1. The van der Waals surface area contributed by atoms with Crippen LogP contribution in [0.15, 0.2) is 115 Å². The fourth-order valence-corrected chi connectivity index (χ4v) is 6.07. The lowest BCUT2D eigenvalue weighted by Gasteiger charge is -2.24. The van der Waals surface area contributed by atoms with Gasteiger partial charge in [0.05, 0.1) is 6.42 Å². The first-order valence-electron chi connectivity index (χ1n) is 17.2. The van der Waals surface area contributed by atoms with E-state index in [2.05, 4.69) is 52.0 Å². The fraction of sp³-hybridized carbons (Fsp3) is 0.310. The number of nitrogens with one attached hydrogen (secondary N) is 3. The lowest BCUT2D eigenvalue weighted by atomic mass is 9.94. The van der Waals surface area contributed by atoms with Crippen molar-refractivity contribution in [2.45, 2.75) is 70.9 Å². The Morgan fingerprint density at radius 2 is 1.37 bits per heavy atom. The van der Waals surface area contributed by atoms with Gasteiger partial charge in [0.2, 0.25) is 11.8 Å². The highest BCUT2D eigenvalue weighted by molar-refractivity contribution is 5.91. The minimum atomic E-state index is -0.825. The van der Waals surface area contributed by atoms with Gasteiger partial charge in [-0.15, -0.1) is 0 Å². The van der Waals surface area contributed by atoms with Crippen LogP contribution in [0.25, 0.3) is 22.0 Å². The van der Waals surface area contributed by atoms with E-state index < -0.39 is 23.5 Å². The first-order chi connectivity index (χ1) is 23.6. The van der Waals surface area contributed by atoms with Gasteiger partial charge in [0, 0.05) is 36.0 Å². The van der Waals surface area contributed by atoms with E-state index in [0.29, 0.717) is 32.2 Å². The van der Waals surface area contributed by atoms with Crippen molar-refractivity contribution in [2.75, 3.05) is 6.54 Å². The Morgan fingerprint density at radius 3 is 2.08 bits per heavy atom. The Balaban J connectivity index is 1.28. The smallest absolute Gasteiger partial charge is 0.307 e. The van der Waals surface area contributed by atoms with E-state index in [0.717, 1.165) is 45.1 Å². The number of aryl methyl sites for hydroxylation is 1. The number of hydrogen-bond donors (Lipinski definition) is 3. The predicted molar refractivity (Wildman–Crippen MR) is 196 cm³/mol. The highest BCUT2D eigenvalue weighted by Gasteiger charge is 2.29. The first-order valence-corrected chi connectivity index (χ1v) is 17.2. The van der Waals surface area contributed by atoms with Gasteiger partial charge >= 0.3 is 5.97 Å². The second-order valence-corrected chi connectivity index (χ2v) is 13.6. The van der Waals surface area contributed by atoms with Gasteiger partial charge in [-0.3, -0.25) is 14.4 Å². The third-order valence-corrected chi connectivity index (χ3v) is 8.57. The molecule has 0 aliphatic heterocycles. The second kappa shape index (κ2) is 16.8. The van der Waals surface area contributed by atoms with Gasteiger partial charge in [0.1, 0.15) is 11.6 Å². The largest absolute Gasteiger partial charge is 0.460 e. The van der Waals surface area contributed by atoms with Crippen LogP contribution in [0.3, 0.4) is 0 Å². The zero-order valence-electron chi connectivity index (χ0n) is 28.7. The molecule has 0 unspecified atom stereocenters. The van der Waals surface area contributed by atoms with Crippen molar-refractivity contribution in [1.82, 2.24) is 15.6 Å². The molecular formula is C42H47N3O4. The van der Waals surface area contributed by atoms with E-state index in [9.17, 15) is 14.4 Å². The number of rotatable bonds is 15. The maximum atomic E-state index is 14.0. The summed E-state index contributed by atoms with van der Waals surface area (Å²) in [6, 6.07) is 35.7. The van der Waals surface area contributed by atoms with E-state index in [4.69, 9.17) is 4.74 Å². The van der Waals surface area contributed by atoms with Crippen molar-refractivity contribution in [2.24, 2.45) is 5.92 Å². The Morgan fingerprint density at radius 1 is 0.735 bits per heavy atom. The van der Waals surface area contributed by atoms with Crippen molar-refractivity contribution in [1.29, 1.82) is 0 Å². The van der Waals surface area contributed by atoms with Crippen molar-refractivity contribution >= 4 is 28.7 Å². The number of amides is 2. The Bertz CT molecular complexity index is 1810. The summed E-state index contributed by atoms with van der Waals surface area (Å²) >= 11 is 0. The molecule has 0 saturated heterocycles. The maximum absolute atomic E-state index is 14.0. The zero-order valence-corrected chi connectivity index (χ0v) is 28.7.